The lowest BCUT2D eigenvalue weighted by molar-refractivity contribution is -0.114. The number of thiazole rings is 1. The molecule has 3 amide bonds. The van der Waals surface area contributed by atoms with E-state index in [9.17, 15) is 19.2 Å². The van der Waals surface area contributed by atoms with Gasteiger partial charge in [0.1, 0.15) is 11.1 Å². The molecule has 0 unspecified atom stereocenters. The van der Waals surface area contributed by atoms with E-state index in [4.69, 9.17) is 4.42 Å². The van der Waals surface area contributed by atoms with Crippen molar-refractivity contribution in [2.75, 3.05) is 21.7 Å². The Bertz CT molecular complexity index is 1450. The highest BCUT2D eigenvalue weighted by molar-refractivity contribution is 7.99. The fourth-order valence-corrected chi connectivity index (χ4v) is 4.63. The van der Waals surface area contributed by atoms with Crippen LogP contribution in [0.1, 0.15) is 23.0 Å². The Balaban J connectivity index is 1.26. The standard InChI is InChI=1S/C24H20N4O5S2/c1-14(29)25-16-6-8-17(9-7-16)26-21(30)13-34-11-18-12-35-24(27-18)28-22(31)19-10-15-4-2-3-5-20(15)33-23(19)32/h2-10,12H,11,13H2,1H3,(H,25,29)(H,26,30)(H,27,28,31). The fraction of sp³-hybridized carbons (Fsp3) is 0.125. The van der Waals surface area contributed by atoms with E-state index in [1.165, 1.54) is 36.1 Å². The molecule has 3 N–H and O–H groups in total. The third kappa shape index (κ3) is 6.55. The van der Waals surface area contributed by atoms with Crippen molar-refractivity contribution in [2.45, 2.75) is 12.7 Å². The van der Waals surface area contributed by atoms with Crippen LogP contribution in [-0.4, -0.2) is 28.5 Å². The molecule has 11 heteroatoms. The molecule has 0 spiro atoms. The number of aromatic nitrogens is 1. The Kier molecular flexibility index (Phi) is 7.58. The predicted molar refractivity (Wildman–Crippen MR) is 138 cm³/mol. The first-order chi connectivity index (χ1) is 16.9. The number of amides is 3. The summed E-state index contributed by atoms with van der Waals surface area (Å²) in [6, 6.07) is 15.3. The van der Waals surface area contributed by atoms with Gasteiger partial charge >= 0.3 is 5.63 Å². The number of hydrogen-bond donors (Lipinski definition) is 3. The van der Waals surface area contributed by atoms with E-state index in [1.807, 2.05) is 0 Å². The summed E-state index contributed by atoms with van der Waals surface area (Å²) in [7, 11) is 0. The molecule has 4 rings (SSSR count). The number of fused-ring (bicyclic) bond motifs is 1. The largest absolute Gasteiger partial charge is 0.422 e. The minimum Gasteiger partial charge on any atom is -0.422 e. The molecule has 0 aliphatic heterocycles. The Morgan fingerprint density at radius 2 is 1.71 bits per heavy atom. The molecule has 2 aromatic carbocycles. The van der Waals surface area contributed by atoms with Crippen molar-refractivity contribution >= 4 is 68.3 Å². The second-order valence-corrected chi connectivity index (χ2v) is 9.23. The predicted octanol–water partition coefficient (Wildman–Crippen LogP) is 4.33. The number of nitrogens with zero attached hydrogens (tertiary/aromatic N) is 1. The molecular formula is C24H20N4O5S2. The Hall–Kier alpha value is -3.96. The number of carbonyl (C=O) groups excluding carboxylic acids is 3. The van der Waals surface area contributed by atoms with Crippen LogP contribution in [0.5, 0.6) is 0 Å². The topological polar surface area (TPSA) is 130 Å². The molecule has 35 heavy (non-hydrogen) atoms. The second kappa shape index (κ2) is 11.0. The van der Waals surface area contributed by atoms with Crippen LogP contribution in [0.4, 0.5) is 16.5 Å². The zero-order valence-corrected chi connectivity index (χ0v) is 20.1. The van der Waals surface area contributed by atoms with Gasteiger partial charge in [0, 0.05) is 34.8 Å². The monoisotopic (exact) mass is 508 g/mol. The van der Waals surface area contributed by atoms with E-state index >= 15 is 0 Å². The van der Waals surface area contributed by atoms with E-state index in [2.05, 4.69) is 20.9 Å². The number of benzene rings is 2. The number of thioether (sulfide) groups is 1. The van der Waals surface area contributed by atoms with Crippen molar-refractivity contribution in [2.24, 2.45) is 0 Å². The van der Waals surface area contributed by atoms with Gasteiger partial charge in [0.15, 0.2) is 5.13 Å². The molecule has 2 heterocycles. The van der Waals surface area contributed by atoms with Gasteiger partial charge < -0.3 is 15.1 Å². The lowest BCUT2D eigenvalue weighted by atomic mass is 10.2. The highest BCUT2D eigenvalue weighted by atomic mass is 32.2. The first-order valence-corrected chi connectivity index (χ1v) is 12.4. The Morgan fingerprint density at radius 3 is 2.46 bits per heavy atom. The van der Waals surface area contributed by atoms with E-state index in [1.54, 1.807) is 53.9 Å². The first-order valence-electron chi connectivity index (χ1n) is 10.4. The van der Waals surface area contributed by atoms with Gasteiger partial charge in [-0.2, -0.15) is 0 Å². The van der Waals surface area contributed by atoms with Crippen molar-refractivity contribution in [1.29, 1.82) is 0 Å². The molecule has 178 valence electrons. The molecule has 0 aliphatic rings. The molecule has 0 aliphatic carbocycles. The SMILES string of the molecule is CC(=O)Nc1ccc(NC(=O)CSCc2csc(NC(=O)c3cc4ccccc4oc3=O)n2)cc1. The van der Waals surface area contributed by atoms with Gasteiger partial charge in [-0.05, 0) is 36.4 Å². The van der Waals surface area contributed by atoms with Gasteiger partial charge in [0.2, 0.25) is 11.8 Å². The van der Waals surface area contributed by atoms with Gasteiger partial charge in [0.25, 0.3) is 5.91 Å². The molecule has 0 bridgehead atoms. The molecule has 2 aromatic heterocycles. The summed E-state index contributed by atoms with van der Waals surface area (Å²) >= 11 is 2.60. The fourth-order valence-electron chi connectivity index (χ4n) is 3.10. The molecule has 0 radical (unpaired) electrons. The van der Waals surface area contributed by atoms with Crippen molar-refractivity contribution < 1.29 is 18.8 Å². The van der Waals surface area contributed by atoms with Crippen LogP contribution in [0.25, 0.3) is 11.0 Å². The smallest absolute Gasteiger partial charge is 0.349 e. The summed E-state index contributed by atoms with van der Waals surface area (Å²) in [6.45, 7) is 1.43. The summed E-state index contributed by atoms with van der Waals surface area (Å²) in [5.74, 6) is -0.247. The maximum atomic E-state index is 12.6. The normalized spacial score (nSPS) is 10.7. The molecule has 0 saturated carbocycles. The van der Waals surface area contributed by atoms with Crippen LogP contribution >= 0.6 is 23.1 Å². The van der Waals surface area contributed by atoms with Crippen molar-refractivity contribution in [1.82, 2.24) is 4.98 Å². The summed E-state index contributed by atoms with van der Waals surface area (Å²) in [5.41, 5.74) is 1.57. The zero-order chi connectivity index (χ0) is 24.8. The molecule has 4 aromatic rings. The number of nitrogens with one attached hydrogen (secondary N) is 3. The van der Waals surface area contributed by atoms with Gasteiger partial charge in [-0.15, -0.1) is 23.1 Å². The van der Waals surface area contributed by atoms with Crippen LogP contribution in [0.2, 0.25) is 0 Å². The molecular weight excluding hydrogens is 488 g/mol. The number of carbonyl (C=O) groups is 3. The summed E-state index contributed by atoms with van der Waals surface area (Å²) in [5, 5.41) is 10.9. The van der Waals surface area contributed by atoms with E-state index in [-0.39, 0.29) is 23.1 Å². The average Bonchev–Trinajstić information content (AvgIpc) is 3.26. The highest BCUT2D eigenvalue weighted by Gasteiger charge is 2.15. The average molecular weight is 509 g/mol. The van der Waals surface area contributed by atoms with Crippen LogP contribution in [0, 0.1) is 0 Å². The maximum absolute atomic E-state index is 12.6. The summed E-state index contributed by atoms with van der Waals surface area (Å²) < 4.78 is 5.20. The number of rotatable bonds is 8. The first kappa shape index (κ1) is 24.2. The summed E-state index contributed by atoms with van der Waals surface area (Å²) in [6.07, 6.45) is 0. The van der Waals surface area contributed by atoms with Gasteiger partial charge in [0.05, 0.1) is 11.4 Å². The van der Waals surface area contributed by atoms with Gasteiger partial charge in [-0.3, -0.25) is 19.7 Å². The lowest BCUT2D eigenvalue weighted by Crippen LogP contribution is -2.20. The minimum absolute atomic E-state index is 0.100. The summed E-state index contributed by atoms with van der Waals surface area (Å²) in [4.78, 5) is 52.3. The molecule has 9 nitrogen and oxygen atoms in total. The van der Waals surface area contributed by atoms with Crippen molar-refractivity contribution in [3.63, 3.8) is 0 Å². The van der Waals surface area contributed by atoms with Gasteiger partial charge in [-0.25, -0.2) is 9.78 Å². The number of hydrogen-bond acceptors (Lipinski definition) is 8. The maximum Gasteiger partial charge on any atom is 0.349 e. The minimum atomic E-state index is -0.718. The van der Waals surface area contributed by atoms with E-state index < -0.39 is 11.5 Å². The van der Waals surface area contributed by atoms with Crippen LogP contribution < -0.4 is 21.6 Å². The zero-order valence-electron chi connectivity index (χ0n) is 18.5. The third-order valence-corrected chi connectivity index (χ3v) is 6.40. The van der Waals surface area contributed by atoms with E-state index in [0.29, 0.717) is 38.9 Å². The van der Waals surface area contributed by atoms with Crippen molar-refractivity contribution in [3.8, 4) is 0 Å². The Labute approximate surface area is 208 Å². The lowest BCUT2D eigenvalue weighted by Gasteiger charge is -2.06. The molecule has 0 fully saturated rings. The number of para-hydroxylation sites is 1. The Morgan fingerprint density at radius 1 is 1.00 bits per heavy atom. The van der Waals surface area contributed by atoms with Crippen LogP contribution in [-0.2, 0) is 15.3 Å². The molecule has 0 saturated heterocycles. The van der Waals surface area contributed by atoms with E-state index in [0.717, 1.165) is 0 Å². The quantitative estimate of drug-likeness (QED) is 0.302. The third-order valence-electron chi connectivity index (χ3n) is 4.63. The number of anilines is 3. The van der Waals surface area contributed by atoms with Crippen LogP contribution in [0.15, 0.2) is 69.2 Å². The van der Waals surface area contributed by atoms with Crippen LogP contribution in [0.3, 0.4) is 0 Å². The van der Waals surface area contributed by atoms with Crippen molar-refractivity contribution in [3.05, 3.63) is 81.7 Å². The second-order valence-electron chi connectivity index (χ2n) is 7.38. The highest BCUT2D eigenvalue weighted by Crippen LogP contribution is 2.21. The molecule has 0 atom stereocenters. The van der Waals surface area contributed by atoms with Gasteiger partial charge in [-0.1, -0.05) is 18.2 Å².